The quantitative estimate of drug-likeness (QED) is 0.158. The Labute approximate surface area is 253 Å². The van der Waals surface area contributed by atoms with E-state index in [1.807, 2.05) is 54.6 Å². The Morgan fingerprint density at radius 3 is 2.51 bits per heavy atom. The van der Waals surface area contributed by atoms with Gasteiger partial charge in [-0.05, 0) is 67.9 Å². The maximum atomic E-state index is 13.7. The first-order valence-corrected chi connectivity index (χ1v) is 15.4. The number of para-hydroxylation sites is 2. The number of phenols is 1. The molecule has 2 amide bonds. The number of amides is 2. The molecular formula is C35H41NO7. The normalized spacial score (nSPS) is 23.5. The fourth-order valence-electron chi connectivity index (χ4n) is 6.80. The highest BCUT2D eigenvalue weighted by molar-refractivity contribution is 6.06. The van der Waals surface area contributed by atoms with Crippen molar-refractivity contribution in [3.05, 3.63) is 76.9 Å². The number of allylic oxidation sites excluding steroid dienone is 1. The van der Waals surface area contributed by atoms with Crippen LogP contribution >= 0.6 is 0 Å². The molecule has 228 valence electrons. The van der Waals surface area contributed by atoms with Gasteiger partial charge in [0.05, 0.1) is 24.5 Å². The summed E-state index contributed by atoms with van der Waals surface area (Å²) in [5, 5.41) is 19.2. The van der Waals surface area contributed by atoms with Gasteiger partial charge in [0.2, 0.25) is 11.8 Å². The van der Waals surface area contributed by atoms with E-state index in [1.165, 1.54) is 10.5 Å². The fraction of sp³-hybridized carbons (Fsp3) is 0.457. The van der Waals surface area contributed by atoms with Gasteiger partial charge in [0.1, 0.15) is 18.1 Å². The Morgan fingerprint density at radius 1 is 1.00 bits per heavy atom. The lowest BCUT2D eigenvalue weighted by atomic mass is 9.69. The van der Waals surface area contributed by atoms with Gasteiger partial charge in [0.25, 0.3) is 0 Å². The minimum absolute atomic E-state index is 0.0907. The molecule has 8 heteroatoms. The lowest BCUT2D eigenvalue weighted by Gasteiger charge is -2.31. The maximum Gasteiger partial charge on any atom is 0.303 e. The number of benzene rings is 2. The number of carboxylic acid groups (broad SMARTS) is 1. The van der Waals surface area contributed by atoms with Crippen LogP contribution in [0.4, 0.5) is 0 Å². The van der Waals surface area contributed by atoms with Crippen LogP contribution in [0.15, 0.2) is 71.3 Å². The van der Waals surface area contributed by atoms with Gasteiger partial charge in [-0.2, -0.15) is 0 Å². The number of aromatic hydroxyl groups is 1. The summed E-state index contributed by atoms with van der Waals surface area (Å²) in [6.07, 6.45) is 6.57. The second-order valence-electron chi connectivity index (χ2n) is 11.7. The van der Waals surface area contributed by atoms with Gasteiger partial charge >= 0.3 is 5.97 Å². The van der Waals surface area contributed by atoms with Crippen LogP contribution in [-0.2, 0) is 19.1 Å². The maximum absolute atomic E-state index is 13.7. The zero-order chi connectivity index (χ0) is 30.3. The Kier molecular flexibility index (Phi) is 9.97. The average molecular weight is 588 g/mol. The number of rotatable bonds is 14. The standard InChI is InChI=1S/C35H41NO7/c1-2-23(19-24-11-8-9-14-29(24)37)16-17-30-32-25(21-42-26-12-5-3-6-13-26)20-27-33(28(32)22-43-30)35(41)36(34(27)40)18-10-4-7-15-31(38)39/h3,5-6,8-9,11-14,19,27-28,30,33,37H,2,4,7,10,15-18,20-22H2,1H3,(H,38,39)/b23-19+/t27-,28+,30-,33-/m1/s1. The first-order valence-electron chi connectivity index (χ1n) is 15.4. The van der Waals surface area contributed by atoms with Crippen LogP contribution in [-0.4, -0.2) is 58.8 Å². The summed E-state index contributed by atoms with van der Waals surface area (Å²) in [5.74, 6) is -1.12. The summed E-state index contributed by atoms with van der Waals surface area (Å²) in [6, 6.07) is 16.9. The number of hydrogen-bond donors (Lipinski definition) is 2. The monoisotopic (exact) mass is 587 g/mol. The van der Waals surface area contributed by atoms with E-state index in [2.05, 4.69) is 6.92 Å². The zero-order valence-corrected chi connectivity index (χ0v) is 24.7. The number of likely N-dealkylation sites (tertiary alicyclic amines) is 1. The minimum Gasteiger partial charge on any atom is -0.507 e. The lowest BCUT2D eigenvalue weighted by Crippen LogP contribution is -2.35. The molecule has 8 nitrogen and oxygen atoms in total. The van der Waals surface area contributed by atoms with Crippen molar-refractivity contribution >= 4 is 23.9 Å². The van der Waals surface area contributed by atoms with Crippen molar-refractivity contribution in [3.8, 4) is 11.5 Å². The van der Waals surface area contributed by atoms with E-state index in [1.54, 1.807) is 6.07 Å². The van der Waals surface area contributed by atoms with Crippen molar-refractivity contribution in [2.75, 3.05) is 19.8 Å². The van der Waals surface area contributed by atoms with Crippen LogP contribution in [0, 0.1) is 17.8 Å². The van der Waals surface area contributed by atoms with Gasteiger partial charge in [0, 0.05) is 24.4 Å². The Hall–Kier alpha value is -3.91. The first kappa shape index (κ1) is 30.5. The average Bonchev–Trinajstić information content (AvgIpc) is 3.53. The molecule has 5 rings (SSSR count). The third-order valence-electron chi connectivity index (χ3n) is 9.01. The predicted octanol–water partition coefficient (Wildman–Crippen LogP) is 6.01. The number of phenolic OH excluding ortho intramolecular Hbond substituents is 1. The zero-order valence-electron chi connectivity index (χ0n) is 24.7. The number of aliphatic carboxylic acids is 1. The van der Waals surface area contributed by atoms with Crippen LogP contribution in [0.5, 0.6) is 11.5 Å². The molecule has 0 spiro atoms. The third kappa shape index (κ3) is 7.02. The molecule has 2 N–H and O–H groups in total. The topological polar surface area (TPSA) is 113 Å². The Morgan fingerprint density at radius 2 is 1.77 bits per heavy atom. The summed E-state index contributed by atoms with van der Waals surface area (Å²) < 4.78 is 12.6. The second-order valence-corrected chi connectivity index (χ2v) is 11.7. The number of unbranched alkanes of at least 4 members (excludes halogenated alkanes) is 2. The number of carboxylic acids is 1. The van der Waals surface area contributed by atoms with E-state index >= 15 is 0 Å². The van der Waals surface area contributed by atoms with Gasteiger partial charge in [-0.15, -0.1) is 0 Å². The Bertz CT molecular complexity index is 1380. The molecule has 3 aliphatic rings. The minimum atomic E-state index is -0.834. The molecule has 0 radical (unpaired) electrons. The van der Waals surface area contributed by atoms with Gasteiger partial charge in [-0.1, -0.05) is 61.4 Å². The van der Waals surface area contributed by atoms with Gasteiger partial charge in [-0.3, -0.25) is 19.3 Å². The van der Waals surface area contributed by atoms with E-state index in [9.17, 15) is 19.5 Å². The highest BCUT2D eigenvalue weighted by Gasteiger charge is 2.56. The van der Waals surface area contributed by atoms with Crippen molar-refractivity contribution in [2.24, 2.45) is 17.8 Å². The van der Waals surface area contributed by atoms with E-state index in [-0.39, 0.29) is 36.0 Å². The third-order valence-corrected chi connectivity index (χ3v) is 9.01. The number of fused-ring (bicyclic) bond motifs is 3. The molecule has 2 aromatic carbocycles. The Balaban J connectivity index is 1.34. The van der Waals surface area contributed by atoms with Crippen molar-refractivity contribution < 1.29 is 34.1 Å². The molecule has 2 aromatic rings. The molecule has 0 saturated carbocycles. The summed E-state index contributed by atoms with van der Waals surface area (Å²) in [6.45, 7) is 3.16. The number of hydrogen-bond acceptors (Lipinski definition) is 6. The number of nitrogens with zero attached hydrogens (tertiary/aromatic N) is 1. The van der Waals surface area contributed by atoms with E-state index in [0.717, 1.165) is 41.7 Å². The van der Waals surface area contributed by atoms with Crippen molar-refractivity contribution in [3.63, 3.8) is 0 Å². The fourth-order valence-corrected chi connectivity index (χ4v) is 6.80. The molecule has 43 heavy (non-hydrogen) atoms. The number of imide groups is 1. The van der Waals surface area contributed by atoms with Crippen LogP contribution in [0.2, 0.25) is 0 Å². The largest absolute Gasteiger partial charge is 0.507 e. The van der Waals surface area contributed by atoms with E-state index in [4.69, 9.17) is 14.6 Å². The van der Waals surface area contributed by atoms with Crippen molar-refractivity contribution in [1.29, 1.82) is 0 Å². The van der Waals surface area contributed by atoms with E-state index < -0.39 is 17.8 Å². The van der Waals surface area contributed by atoms with Crippen LogP contribution in [0.3, 0.4) is 0 Å². The van der Waals surface area contributed by atoms with Crippen LogP contribution in [0.1, 0.15) is 63.9 Å². The predicted molar refractivity (Wildman–Crippen MR) is 162 cm³/mol. The molecule has 2 fully saturated rings. The first-order chi connectivity index (χ1) is 20.9. The van der Waals surface area contributed by atoms with Crippen molar-refractivity contribution in [2.45, 2.75) is 64.4 Å². The summed E-state index contributed by atoms with van der Waals surface area (Å²) in [7, 11) is 0. The molecule has 0 unspecified atom stereocenters. The molecule has 2 heterocycles. The number of ether oxygens (including phenoxy) is 2. The van der Waals surface area contributed by atoms with Gasteiger partial charge in [0.15, 0.2) is 0 Å². The molecule has 1 aliphatic carbocycles. The van der Waals surface area contributed by atoms with Crippen LogP contribution < -0.4 is 4.74 Å². The van der Waals surface area contributed by atoms with Crippen LogP contribution in [0.25, 0.3) is 6.08 Å². The number of carbonyl (C=O) groups is 3. The summed E-state index contributed by atoms with van der Waals surface area (Å²) >= 11 is 0. The molecule has 2 saturated heterocycles. The molecular weight excluding hydrogens is 546 g/mol. The highest BCUT2D eigenvalue weighted by atomic mass is 16.5. The highest BCUT2D eigenvalue weighted by Crippen LogP contribution is 2.50. The van der Waals surface area contributed by atoms with Crippen molar-refractivity contribution in [1.82, 2.24) is 4.90 Å². The smallest absolute Gasteiger partial charge is 0.303 e. The summed E-state index contributed by atoms with van der Waals surface area (Å²) in [5.41, 5.74) is 4.15. The second kappa shape index (κ2) is 14.0. The number of carbonyl (C=O) groups excluding carboxylic acids is 2. The molecule has 0 bridgehead atoms. The van der Waals surface area contributed by atoms with Gasteiger partial charge < -0.3 is 19.7 Å². The molecule has 2 aliphatic heterocycles. The van der Waals surface area contributed by atoms with E-state index in [0.29, 0.717) is 45.4 Å². The van der Waals surface area contributed by atoms with Gasteiger partial charge in [-0.25, -0.2) is 0 Å². The summed E-state index contributed by atoms with van der Waals surface area (Å²) in [4.78, 5) is 39.5. The lowest BCUT2D eigenvalue weighted by molar-refractivity contribution is -0.141. The SMILES string of the molecule is CC/C(=C\c1ccccc1O)CC[C@H]1OC[C@H]2C1=C(COc1ccccc1)C[C@H]1C(=O)N(CCCCCC(=O)O)C(=O)[C@H]12. The molecule has 4 atom stereocenters. The molecule has 0 aromatic heterocycles.